The van der Waals surface area contributed by atoms with Crippen molar-refractivity contribution in [3.05, 3.63) is 0 Å². The topological polar surface area (TPSA) is 20.2 Å². The van der Waals surface area contributed by atoms with Gasteiger partial charge in [0.1, 0.15) is 6.04 Å². The Morgan fingerprint density at radius 3 is 1.76 bits per heavy atom. The molecule has 0 saturated carbocycles. The number of nitrogens with zero attached hydrogens (tertiary/aromatic N) is 1. The van der Waals surface area contributed by atoms with E-state index in [1.54, 1.807) is 0 Å². The van der Waals surface area contributed by atoms with Crippen LogP contribution in [0.15, 0.2) is 0 Å². The zero-order chi connectivity index (χ0) is 12.4. The molecule has 0 bridgehead atoms. The Balaban J connectivity index is 0. The molecular formula is C14H32ClNO. The van der Waals surface area contributed by atoms with Crippen LogP contribution in [0.3, 0.4) is 0 Å². The lowest BCUT2D eigenvalue weighted by atomic mass is 10.0. The number of unbranched alkanes of at least 4 members (excludes halogenated alkanes) is 6. The van der Waals surface area contributed by atoms with Crippen LogP contribution in [-0.4, -0.2) is 30.0 Å². The Morgan fingerprint density at radius 2 is 1.35 bits per heavy atom. The van der Waals surface area contributed by atoms with E-state index in [-0.39, 0.29) is 17.1 Å². The normalized spacial score (nSPS) is 13.2. The summed E-state index contributed by atoms with van der Waals surface area (Å²) in [6, 6.07) is 0.413. The van der Waals surface area contributed by atoms with Crippen molar-refractivity contribution in [2.24, 2.45) is 0 Å². The lowest BCUT2D eigenvalue weighted by Gasteiger charge is -2.29. The van der Waals surface area contributed by atoms with E-state index in [1.165, 1.54) is 44.9 Å². The van der Waals surface area contributed by atoms with Crippen LogP contribution in [0.1, 0.15) is 71.6 Å². The van der Waals surface area contributed by atoms with Gasteiger partial charge in [-0.25, -0.2) is 5.21 Å². The molecule has 1 N–H and O–H groups in total. The van der Waals surface area contributed by atoms with E-state index in [0.29, 0.717) is 6.04 Å². The molecule has 1 unspecified atom stereocenters. The molecule has 0 rings (SSSR count). The standard InChI is InChI=1S/C14H32NO.ClH/c1-5-7-8-9-10-11-12-13-14(6-2)15(3,4)16;/h14,16H,5-13H2,1-4H3;1H/q+1;/p-1. The SMILES string of the molecule is CCCCCCCCCC(CC)[N+](C)(C)O.[Cl-]. The molecule has 0 heterocycles. The van der Waals surface area contributed by atoms with Crippen LogP contribution in [0.4, 0.5) is 0 Å². The minimum absolute atomic E-state index is 0. The third kappa shape index (κ3) is 11.1. The van der Waals surface area contributed by atoms with Gasteiger partial charge in [-0.2, -0.15) is 4.65 Å². The van der Waals surface area contributed by atoms with E-state index in [4.69, 9.17) is 0 Å². The fourth-order valence-electron chi connectivity index (χ4n) is 2.30. The fraction of sp³-hybridized carbons (Fsp3) is 1.00. The Labute approximate surface area is 114 Å². The maximum Gasteiger partial charge on any atom is 0.118 e. The second kappa shape index (κ2) is 11.3. The van der Waals surface area contributed by atoms with Crippen molar-refractivity contribution in [1.82, 2.24) is 0 Å². The number of hydrogen-bond acceptors (Lipinski definition) is 1. The molecule has 0 aromatic rings. The van der Waals surface area contributed by atoms with E-state index in [9.17, 15) is 5.21 Å². The zero-order valence-electron chi connectivity index (χ0n) is 12.2. The third-order valence-electron chi connectivity index (χ3n) is 3.51. The molecule has 0 saturated heterocycles. The quantitative estimate of drug-likeness (QED) is 0.359. The first kappa shape index (κ1) is 19.5. The van der Waals surface area contributed by atoms with Crippen molar-refractivity contribution in [2.75, 3.05) is 14.1 Å². The molecule has 106 valence electrons. The highest BCUT2D eigenvalue weighted by molar-refractivity contribution is 4.55. The van der Waals surface area contributed by atoms with Crippen LogP contribution in [0, 0.1) is 0 Å². The van der Waals surface area contributed by atoms with Gasteiger partial charge in [0.2, 0.25) is 0 Å². The van der Waals surface area contributed by atoms with Crippen LogP contribution in [0.2, 0.25) is 0 Å². The molecule has 0 aliphatic heterocycles. The highest BCUT2D eigenvalue weighted by Crippen LogP contribution is 2.16. The van der Waals surface area contributed by atoms with Crippen molar-refractivity contribution < 1.29 is 22.3 Å². The molecule has 0 aliphatic rings. The molecule has 2 nitrogen and oxygen atoms in total. The highest BCUT2D eigenvalue weighted by Gasteiger charge is 2.23. The molecular weight excluding hydrogens is 234 g/mol. The highest BCUT2D eigenvalue weighted by atomic mass is 35.5. The molecule has 0 aromatic carbocycles. The monoisotopic (exact) mass is 265 g/mol. The molecule has 17 heavy (non-hydrogen) atoms. The summed E-state index contributed by atoms with van der Waals surface area (Å²) >= 11 is 0. The number of quaternary nitrogens is 1. The van der Waals surface area contributed by atoms with E-state index >= 15 is 0 Å². The molecule has 1 atom stereocenters. The number of rotatable bonds is 10. The van der Waals surface area contributed by atoms with Crippen molar-refractivity contribution in [3.8, 4) is 0 Å². The molecule has 0 aromatic heterocycles. The molecule has 0 aliphatic carbocycles. The van der Waals surface area contributed by atoms with Gasteiger partial charge in [0.15, 0.2) is 0 Å². The maximum atomic E-state index is 9.89. The van der Waals surface area contributed by atoms with Gasteiger partial charge >= 0.3 is 0 Å². The predicted molar refractivity (Wildman–Crippen MR) is 70.6 cm³/mol. The number of hydrogen-bond donors (Lipinski definition) is 1. The summed E-state index contributed by atoms with van der Waals surface area (Å²) in [4.78, 5) is 0. The first-order valence-corrected chi connectivity index (χ1v) is 7.08. The van der Waals surface area contributed by atoms with Gasteiger partial charge in [-0.05, 0) is 12.8 Å². The Bertz CT molecular complexity index is 157. The second-order valence-electron chi connectivity index (χ2n) is 5.45. The van der Waals surface area contributed by atoms with Gasteiger partial charge in [-0.15, -0.1) is 0 Å². The summed E-state index contributed by atoms with van der Waals surface area (Å²) in [6.45, 7) is 4.43. The summed E-state index contributed by atoms with van der Waals surface area (Å²) in [7, 11) is 3.77. The molecule has 0 amide bonds. The van der Waals surface area contributed by atoms with Gasteiger partial charge in [0.25, 0.3) is 0 Å². The Morgan fingerprint density at radius 1 is 0.882 bits per heavy atom. The van der Waals surface area contributed by atoms with Crippen LogP contribution in [-0.2, 0) is 0 Å². The first-order chi connectivity index (χ1) is 7.52. The predicted octanol–water partition coefficient (Wildman–Crippen LogP) is 1.38. The summed E-state index contributed by atoms with van der Waals surface area (Å²) < 4.78 is 0.131. The Kier molecular flexibility index (Phi) is 13.0. The number of halogens is 1. The Hall–Kier alpha value is 0.210. The van der Waals surface area contributed by atoms with Crippen LogP contribution < -0.4 is 12.4 Å². The van der Waals surface area contributed by atoms with E-state index in [0.717, 1.165) is 12.8 Å². The van der Waals surface area contributed by atoms with Gasteiger partial charge < -0.3 is 12.4 Å². The summed E-state index contributed by atoms with van der Waals surface area (Å²) in [5, 5.41) is 9.89. The van der Waals surface area contributed by atoms with Crippen LogP contribution in [0.5, 0.6) is 0 Å². The van der Waals surface area contributed by atoms with Crippen molar-refractivity contribution in [1.29, 1.82) is 0 Å². The minimum atomic E-state index is 0. The lowest BCUT2D eigenvalue weighted by molar-refractivity contribution is -1.09. The second-order valence-corrected chi connectivity index (χ2v) is 5.45. The van der Waals surface area contributed by atoms with E-state index in [1.807, 2.05) is 14.1 Å². The smallest absolute Gasteiger partial charge is 0.118 e. The maximum absolute atomic E-state index is 9.89. The van der Waals surface area contributed by atoms with Gasteiger partial charge in [0.05, 0.1) is 14.1 Å². The number of hydroxylamine groups is 3. The van der Waals surface area contributed by atoms with Crippen LogP contribution in [0.25, 0.3) is 0 Å². The molecule has 0 spiro atoms. The summed E-state index contributed by atoms with van der Waals surface area (Å²) in [6.07, 6.45) is 11.7. The van der Waals surface area contributed by atoms with Crippen LogP contribution >= 0.6 is 0 Å². The van der Waals surface area contributed by atoms with E-state index in [2.05, 4.69) is 13.8 Å². The molecule has 3 heteroatoms. The first-order valence-electron chi connectivity index (χ1n) is 7.08. The third-order valence-corrected chi connectivity index (χ3v) is 3.51. The summed E-state index contributed by atoms with van der Waals surface area (Å²) in [5.74, 6) is 0. The summed E-state index contributed by atoms with van der Waals surface area (Å²) in [5.41, 5.74) is 0. The van der Waals surface area contributed by atoms with Crippen molar-refractivity contribution >= 4 is 0 Å². The van der Waals surface area contributed by atoms with Gasteiger partial charge in [0, 0.05) is 6.42 Å². The zero-order valence-corrected chi connectivity index (χ0v) is 13.0. The molecule has 0 fully saturated rings. The largest absolute Gasteiger partial charge is 1.00 e. The average Bonchev–Trinajstić information content (AvgIpc) is 2.20. The minimum Gasteiger partial charge on any atom is -1.00 e. The van der Waals surface area contributed by atoms with Gasteiger partial charge in [-0.3, -0.25) is 0 Å². The molecule has 0 radical (unpaired) electrons. The fourth-order valence-corrected chi connectivity index (χ4v) is 2.30. The lowest BCUT2D eigenvalue weighted by Crippen LogP contribution is -3.00. The average molecular weight is 266 g/mol. The van der Waals surface area contributed by atoms with E-state index < -0.39 is 0 Å². The van der Waals surface area contributed by atoms with Crippen molar-refractivity contribution in [2.45, 2.75) is 77.7 Å². The van der Waals surface area contributed by atoms with Crippen molar-refractivity contribution in [3.63, 3.8) is 0 Å². The van der Waals surface area contributed by atoms with Gasteiger partial charge in [-0.1, -0.05) is 52.4 Å².